The van der Waals surface area contributed by atoms with E-state index in [2.05, 4.69) is 29.5 Å². The summed E-state index contributed by atoms with van der Waals surface area (Å²) in [6.45, 7) is 10.4. The van der Waals surface area contributed by atoms with Crippen molar-refractivity contribution in [2.75, 3.05) is 32.9 Å². The summed E-state index contributed by atoms with van der Waals surface area (Å²) in [5.41, 5.74) is 0.904. The van der Waals surface area contributed by atoms with Gasteiger partial charge in [-0.3, -0.25) is 0 Å². The lowest BCUT2D eigenvalue weighted by Gasteiger charge is -2.14. The minimum atomic E-state index is 0. The number of benzene rings is 1. The Balaban J connectivity index is 0.00000512. The number of nitrogens with one attached hydrogen (secondary N) is 2. The van der Waals surface area contributed by atoms with E-state index in [-0.39, 0.29) is 24.0 Å². The molecule has 178 valence electrons. The molecule has 32 heavy (non-hydrogen) atoms. The van der Waals surface area contributed by atoms with Gasteiger partial charge in [0.25, 0.3) is 0 Å². The van der Waals surface area contributed by atoms with Gasteiger partial charge in [0.1, 0.15) is 0 Å². The second-order valence-corrected chi connectivity index (χ2v) is 6.89. The largest absolute Gasteiger partial charge is 0.490 e. The number of guanidine groups is 1. The molecule has 0 radical (unpaired) electrons. The van der Waals surface area contributed by atoms with Gasteiger partial charge in [-0.05, 0) is 51.3 Å². The van der Waals surface area contributed by atoms with Crippen LogP contribution < -0.4 is 20.1 Å². The summed E-state index contributed by atoms with van der Waals surface area (Å²) in [7, 11) is 0. The van der Waals surface area contributed by atoms with Crippen LogP contribution in [0.2, 0.25) is 0 Å². The van der Waals surface area contributed by atoms with Gasteiger partial charge in [0.2, 0.25) is 5.88 Å². The Kier molecular flexibility index (Phi) is 15.3. The van der Waals surface area contributed by atoms with E-state index >= 15 is 0 Å². The van der Waals surface area contributed by atoms with Crippen LogP contribution in [0.3, 0.4) is 0 Å². The van der Waals surface area contributed by atoms with Gasteiger partial charge in [-0.15, -0.1) is 24.0 Å². The van der Waals surface area contributed by atoms with Crippen LogP contribution in [0, 0.1) is 0 Å². The van der Waals surface area contributed by atoms with Crippen molar-refractivity contribution in [2.24, 2.45) is 4.99 Å². The van der Waals surface area contributed by atoms with E-state index < -0.39 is 0 Å². The monoisotopic (exact) mass is 556 g/mol. The molecule has 0 amide bonds. The number of aromatic nitrogens is 1. The van der Waals surface area contributed by atoms with E-state index in [1.54, 1.807) is 6.20 Å². The average Bonchev–Trinajstić information content (AvgIpc) is 2.80. The molecular weight excluding hydrogens is 519 g/mol. The summed E-state index contributed by atoms with van der Waals surface area (Å²) in [5, 5.41) is 6.65. The van der Waals surface area contributed by atoms with E-state index in [9.17, 15) is 0 Å². The van der Waals surface area contributed by atoms with E-state index in [1.165, 1.54) is 0 Å². The molecule has 1 aromatic heterocycles. The van der Waals surface area contributed by atoms with Crippen molar-refractivity contribution in [3.05, 3.63) is 48.2 Å². The molecule has 2 aromatic rings. The van der Waals surface area contributed by atoms with Crippen molar-refractivity contribution in [3.8, 4) is 17.4 Å². The summed E-state index contributed by atoms with van der Waals surface area (Å²) in [4.78, 5) is 9.13. The Bertz CT molecular complexity index is 789. The number of pyridine rings is 1. The molecule has 0 spiro atoms. The second kappa shape index (κ2) is 17.5. The van der Waals surface area contributed by atoms with Crippen molar-refractivity contribution < 1.29 is 14.2 Å². The molecule has 0 atom stereocenters. The van der Waals surface area contributed by atoms with Gasteiger partial charge in [0.15, 0.2) is 17.5 Å². The standard InChI is InChI=1S/C24H36N4O3.HI/c1-4-17-30-21-13-7-8-14-22(21)31-23-20(12-11-16-26-23)19-28-24(25-5-2)27-15-9-10-18-29-6-3;/h7-8,11-14,16H,4-6,9-10,15,17-19H2,1-3H3,(H2,25,27,28);1H. The number of hydrogen-bond donors (Lipinski definition) is 2. The average molecular weight is 556 g/mol. The van der Waals surface area contributed by atoms with Crippen molar-refractivity contribution >= 4 is 29.9 Å². The second-order valence-electron chi connectivity index (χ2n) is 6.89. The van der Waals surface area contributed by atoms with Gasteiger partial charge in [-0.1, -0.05) is 25.1 Å². The molecule has 0 saturated carbocycles. The van der Waals surface area contributed by atoms with Crippen LogP contribution in [0.1, 0.15) is 45.6 Å². The fraction of sp³-hybridized carbons (Fsp3) is 0.500. The van der Waals surface area contributed by atoms with Crippen molar-refractivity contribution in [1.82, 2.24) is 15.6 Å². The number of ether oxygens (including phenoxy) is 3. The van der Waals surface area contributed by atoms with Crippen molar-refractivity contribution in [3.63, 3.8) is 0 Å². The number of aliphatic imine (C=N–C) groups is 1. The summed E-state index contributed by atoms with van der Waals surface area (Å²) in [6, 6.07) is 11.5. The third-order valence-electron chi connectivity index (χ3n) is 4.33. The molecular formula is C24H37IN4O3. The van der Waals surface area contributed by atoms with E-state index in [4.69, 9.17) is 19.2 Å². The fourth-order valence-corrected chi connectivity index (χ4v) is 2.79. The van der Waals surface area contributed by atoms with Crippen LogP contribution in [-0.2, 0) is 11.3 Å². The molecule has 1 aromatic carbocycles. The number of nitrogens with zero attached hydrogens (tertiary/aromatic N) is 2. The highest BCUT2D eigenvalue weighted by Crippen LogP contribution is 2.32. The fourth-order valence-electron chi connectivity index (χ4n) is 2.79. The SMILES string of the molecule is CCCOc1ccccc1Oc1ncccc1CN=C(NCC)NCCCCOCC.I. The number of unbranched alkanes of at least 4 members (excludes halogenated alkanes) is 1. The lowest BCUT2D eigenvalue weighted by Crippen LogP contribution is -2.37. The minimum Gasteiger partial charge on any atom is -0.490 e. The molecule has 0 fully saturated rings. The molecule has 2 rings (SSSR count). The van der Waals surface area contributed by atoms with Crippen molar-refractivity contribution in [1.29, 1.82) is 0 Å². The molecule has 0 saturated heterocycles. The Morgan fingerprint density at radius 3 is 2.53 bits per heavy atom. The maximum absolute atomic E-state index is 6.11. The van der Waals surface area contributed by atoms with E-state index in [1.807, 2.05) is 43.3 Å². The highest BCUT2D eigenvalue weighted by atomic mass is 127. The van der Waals surface area contributed by atoms with Crippen LogP contribution >= 0.6 is 24.0 Å². The Labute approximate surface area is 209 Å². The van der Waals surface area contributed by atoms with Gasteiger partial charge in [0, 0.05) is 38.1 Å². The number of hydrogen-bond acceptors (Lipinski definition) is 5. The summed E-state index contributed by atoms with van der Waals surface area (Å²) >= 11 is 0. The zero-order valence-corrected chi connectivity index (χ0v) is 21.8. The molecule has 0 bridgehead atoms. The normalized spacial score (nSPS) is 10.9. The number of halogens is 1. The molecule has 8 heteroatoms. The zero-order valence-electron chi connectivity index (χ0n) is 19.4. The Morgan fingerprint density at radius 2 is 1.78 bits per heavy atom. The molecule has 0 unspecified atom stereocenters. The first kappa shape index (κ1) is 28.0. The molecule has 2 N–H and O–H groups in total. The quantitative estimate of drug-likeness (QED) is 0.145. The van der Waals surface area contributed by atoms with Crippen molar-refractivity contribution in [2.45, 2.75) is 46.6 Å². The predicted octanol–water partition coefficient (Wildman–Crippen LogP) is 5.15. The van der Waals surface area contributed by atoms with Gasteiger partial charge in [0.05, 0.1) is 13.2 Å². The minimum absolute atomic E-state index is 0. The van der Waals surface area contributed by atoms with Crippen LogP contribution in [0.5, 0.6) is 17.4 Å². The molecule has 0 aliphatic rings. The maximum Gasteiger partial charge on any atom is 0.224 e. The molecule has 0 aliphatic heterocycles. The maximum atomic E-state index is 6.11. The van der Waals surface area contributed by atoms with Gasteiger partial charge >= 0.3 is 0 Å². The molecule has 0 aliphatic carbocycles. The Morgan fingerprint density at radius 1 is 0.969 bits per heavy atom. The van der Waals surface area contributed by atoms with E-state index in [0.29, 0.717) is 30.5 Å². The van der Waals surface area contributed by atoms with Crippen LogP contribution in [-0.4, -0.2) is 43.9 Å². The molecule has 7 nitrogen and oxygen atoms in total. The first-order chi connectivity index (χ1) is 15.3. The molecule has 1 heterocycles. The summed E-state index contributed by atoms with van der Waals surface area (Å²) in [6.07, 6.45) is 4.71. The van der Waals surface area contributed by atoms with Gasteiger partial charge in [-0.25, -0.2) is 9.98 Å². The smallest absolute Gasteiger partial charge is 0.224 e. The first-order valence-electron chi connectivity index (χ1n) is 11.2. The number of rotatable bonds is 14. The van der Waals surface area contributed by atoms with Crippen LogP contribution in [0.15, 0.2) is 47.6 Å². The third kappa shape index (κ3) is 10.5. The first-order valence-corrected chi connectivity index (χ1v) is 11.2. The Hall–Kier alpha value is -2.07. The van der Waals surface area contributed by atoms with Gasteiger partial charge < -0.3 is 24.8 Å². The summed E-state index contributed by atoms with van der Waals surface area (Å²) in [5.74, 6) is 2.68. The third-order valence-corrected chi connectivity index (χ3v) is 4.33. The van der Waals surface area contributed by atoms with Crippen LogP contribution in [0.4, 0.5) is 0 Å². The predicted molar refractivity (Wildman–Crippen MR) is 140 cm³/mol. The highest BCUT2D eigenvalue weighted by molar-refractivity contribution is 14.0. The van der Waals surface area contributed by atoms with E-state index in [0.717, 1.165) is 57.1 Å². The topological polar surface area (TPSA) is 77.0 Å². The van der Waals surface area contributed by atoms with Crippen LogP contribution in [0.25, 0.3) is 0 Å². The zero-order chi connectivity index (χ0) is 22.2. The highest BCUT2D eigenvalue weighted by Gasteiger charge is 2.10. The lowest BCUT2D eigenvalue weighted by atomic mass is 10.2. The lowest BCUT2D eigenvalue weighted by molar-refractivity contribution is 0.143. The summed E-state index contributed by atoms with van der Waals surface area (Å²) < 4.78 is 17.3. The number of para-hydroxylation sites is 2. The van der Waals surface area contributed by atoms with Gasteiger partial charge in [-0.2, -0.15) is 0 Å².